The summed E-state index contributed by atoms with van der Waals surface area (Å²) >= 11 is 0. The van der Waals surface area contributed by atoms with E-state index in [0.29, 0.717) is 12.3 Å². The van der Waals surface area contributed by atoms with E-state index >= 15 is 0 Å². The molecule has 1 aromatic carbocycles. The molecule has 1 atom stereocenters. The SMILES string of the molecule is COc1ccc(CNC(=O)[s+]2ccc(C)c2)c(OC)c1. The number of hydrogen-bond acceptors (Lipinski definition) is 3. The van der Waals surface area contributed by atoms with Crippen LogP contribution in [0, 0.1) is 6.92 Å². The van der Waals surface area contributed by atoms with Gasteiger partial charge < -0.3 is 14.8 Å². The van der Waals surface area contributed by atoms with Gasteiger partial charge in [0.2, 0.25) is 0 Å². The van der Waals surface area contributed by atoms with Crippen molar-refractivity contribution in [2.24, 2.45) is 0 Å². The Balaban J connectivity index is 2.05. The summed E-state index contributed by atoms with van der Waals surface area (Å²) in [5.41, 5.74) is 2.06. The third-order valence-electron chi connectivity index (χ3n) is 2.92. The van der Waals surface area contributed by atoms with Crippen molar-refractivity contribution in [3.63, 3.8) is 0 Å². The van der Waals surface area contributed by atoms with E-state index in [2.05, 4.69) is 5.32 Å². The van der Waals surface area contributed by atoms with Crippen LogP contribution < -0.4 is 14.8 Å². The van der Waals surface area contributed by atoms with Gasteiger partial charge in [-0.15, -0.1) is 0 Å². The Labute approximate surface area is 121 Å². The number of hydrogen-bond donors (Lipinski definition) is 1. The lowest BCUT2D eigenvalue weighted by Gasteiger charge is -2.09. The average molecular weight is 292 g/mol. The molecule has 0 aliphatic carbocycles. The molecule has 2 aromatic rings. The smallest absolute Gasteiger partial charge is 0.456 e. The lowest BCUT2D eigenvalue weighted by Crippen LogP contribution is -2.18. The predicted molar refractivity (Wildman–Crippen MR) is 80.8 cm³/mol. The summed E-state index contributed by atoms with van der Waals surface area (Å²) in [5, 5.41) is 6.85. The molecule has 0 aliphatic heterocycles. The van der Waals surface area contributed by atoms with E-state index in [9.17, 15) is 4.79 Å². The van der Waals surface area contributed by atoms with Gasteiger partial charge in [0.1, 0.15) is 16.9 Å². The fourth-order valence-corrected chi connectivity index (χ4v) is 3.21. The van der Waals surface area contributed by atoms with Crippen molar-refractivity contribution in [1.29, 1.82) is 0 Å². The van der Waals surface area contributed by atoms with E-state index in [1.54, 1.807) is 14.2 Å². The van der Waals surface area contributed by atoms with Crippen molar-refractivity contribution in [2.45, 2.75) is 13.5 Å². The fourth-order valence-electron chi connectivity index (χ4n) is 1.82. The van der Waals surface area contributed by atoms with Crippen molar-refractivity contribution < 1.29 is 14.3 Å². The topological polar surface area (TPSA) is 47.6 Å². The maximum atomic E-state index is 12.0. The predicted octanol–water partition coefficient (Wildman–Crippen LogP) is 3.52. The molecule has 1 amide bonds. The Hall–Kier alpha value is -2.01. The van der Waals surface area contributed by atoms with Gasteiger partial charge in [0.25, 0.3) is 0 Å². The summed E-state index contributed by atoms with van der Waals surface area (Å²) in [4.78, 5) is 12.0. The normalized spacial score (nSPS) is 11.1. The summed E-state index contributed by atoms with van der Waals surface area (Å²) in [6.45, 7) is 2.43. The molecule has 20 heavy (non-hydrogen) atoms. The van der Waals surface area contributed by atoms with Gasteiger partial charge >= 0.3 is 5.24 Å². The van der Waals surface area contributed by atoms with Gasteiger partial charge in [-0.25, -0.2) is 4.79 Å². The highest BCUT2D eigenvalue weighted by atomic mass is 32.2. The number of thiophene rings is 1. The van der Waals surface area contributed by atoms with Crippen LogP contribution in [0.2, 0.25) is 0 Å². The lowest BCUT2D eigenvalue weighted by molar-refractivity contribution is 0.259. The number of benzene rings is 1. The van der Waals surface area contributed by atoms with Crippen LogP contribution in [0.25, 0.3) is 0 Å². The molecule has 1 aromatic heterocycles. The minimum Gasteiger partial charge on any atom is -0.497 e. The third-order valence-corrected chi connectivity index (χ3v) is 4.55. The first kappa shape index (κ1) is 14.4. The van der Waals surface area contributed by atoms with Gasteiger partial charge in [-0.3, -0.25) is 0 Å². The zero-order valence-corrected chi connectivity index (χ0v) is 12.6. The van der Waals surface area contributed by atoms with E-state index in [0.717, 1.165) is 16.9 Å². The van der Waals surface area contributed by atoms with E-state index in [1.807, 2.05) is 41.9 Å². The van der Waals surface area contributed by atoms with Gasteiger partial charge in [0.05, 0.1) is 31.2 Å². The highest BCUT2D eigenvalue weighted by molar-refractivity contribution is 7.48. The number of nitrogens with one attached hydrogen (secondary N) is 1. The molecule has 1 unspecified atom stereocenters. The summed E-state index contributed by atoms with van der Waals surface area (Å²) < 4.78 is 10.5. The zero-order chi connectivity index (χ0) is 14.5. The van der Waals surface area contributed by atoms with Gasteiger partial charge in [-0.1, -0.05) is 0 Å². The minimum absolute atomic E-state index is 0.0240. The monoisotopic (exact) mass is 292 g/mol. The Morgan fingerprint density at radius 1 is 1.25 bits per heavy atom. The van der Waals surface area contributed by atoms with Crippen LogP contribution in [-0.4, -0.2) is 19.5 Å². The minimum atomic E-state index is -0.448. The summed E-state index contributed by atoms with van der Waals surface area (Å²) in [7, 11) is 2.77. The molecule has 0 fully saturated rings. The van der Waals surface area contributed by atoms with Crippen LogP contribution in [0.5, 0.6) is 11.5 Å². The molecule has 106 valence electrons. The fraction of sp³-hybridized carbons (Fsp3) is 0.267. The van der Waals surface area contributed by atoms with E-state index < -0.39 is 10.5 Å². The number of aryl methyl sites for hydroxylation is 1. The first-order valence-corrected chi connectivity index (χ1v) is 7.56. The van der Waals surface area contributed by atoms with Crippen molar-refractivity contribution in [3.05, 3.63) is 46.2 Å². The Morgan fingerprint density at radius 3 is 2.65 bits per heavy atom. The molecule has 0 saturated heterocycles. The van der Waals surface area contributed by atoms with Crippen LogP contribution in [0.15, 0.2) is 35.0 Å². The molecule has 1 N–H and O–H groups in total. The van der Waals surface area contributed by atoms with Gasteiger partial charge in [-0.05, 0) is 25.1 Å². The molecule has 2 rings (SSSR count). The molecule has 1 heterocycles. The highest BCUT2D eigenvalue weighted by Crippen LogP contribution is 2.25. The highest BCUT2D eigenvalue weighted by Gasteiger charge is 2.17. The Morgan fingerprint density at radius 2 is 2.05 bits per heavy atom. The van der Waals surface area contributed by atoms with E-state index in [-0.39, 0.29) is 5.24 Å². The maximum Gasteiger partial charge on any atom is 0.456 e. The molecule has 0 radical (unpaired) electrons. The number of carbonyl (C=O) groups is 1. The van der Waals surface area contributed by atoms with Crippen LogP contribution in [0.1, 0.15) is 11.1 Å². The van der Waals surface area contributed by atoms with Crippen LogP contribution >= 0.6 is 10.5 Å². The largest absolute Gasteiger partial charge is 0.497 e. The molecule has 4 nitrogen and oxygen atoms in total. The van der Waals surface area contributed by atoms with E-state index in [4.69, 9.17) is 9.47 Å². The number of amides is 1. The Kier molecular flexibility index (Phi) is 4.63. The molecule has 0 bridgehead atoms. The Bertz CT molecular complexity index is 607. The summed E-state index contributed by atoms with van der Waals surface area (Å²) in [6, 6.07) is 7.53. The first-order chi connectivity index (χ1) is 9.63. The summed E-state index contributed by atoms with van der Waals surface area (Å²) in [6.07, 6.45) is 0. The number of rotatable bonds is 5. The average Bonchev–Trinajstić information content (AvgIpc) is 2.91. The molecular formula is C15H18NO3S+. The number of carbonyl (C=O) groups excluding carboxylic acids is 1. The van der Waals surface area contributed by atoms with Crippen molar-refractivity contribution >= 4 is 15.7 Å². The standard InChI is InChI=1S/C15H17NO3S/c1-11-6-7-20(10-11)15(17)16-9-12-4-5-13(18-2)8-14(12)19-3/h4-8,10H,9H2,1-3H3/p+1. The quantitative estimate of drug-likeness (QED) is 0.858. The molecule has 0 saturated carbocycles. The molecular weight excluding hydrogens is 274 g/mol. The van der Waals surface area contributed by atoms with Gasteiger partial charge in [0, 0.05) is 17.2 Å². The number of ether oxygens (including phenoxy) is 2. The van der Waals surface area contributed by atoms with Crippen LogP contribution in [-0.2, 0) is 6.54 Å². The van der Waals surface area contributed by atoms with Crippen molar-refractivity contribution in [1.82, 2.24) is 5.32 Å². The van der Waals surface area contributed by atoms with Gasteiger partial charge in [0.15, 0.2) is 5.38 Å². The van der Waals surface area contributed by atoms with Gasteiger partial charge in [-0.2, -0.15) is 0 Å². The third kappa shape index (κ3) is 3.30. The second-order valence-electron chi connectivity index (χ2n) is 4.36. The molecule has 0 spiro atoms. The molecule has 5 heteroatoms. The lowest BCUT2D eigenvalue weighted by atomic mass is 10.2. The maximum absolute atomic E-state index is 12.0. The second kappa shape index (κ2) is 6.43. The van der Waals surface area contributed by atoms with E-state index in [1.165, 1.54) is 0 Å². The second-order valence-corrected chi connectivity index (χ2v) is 5.98. The first-order valence-electron chi connectivity index (χ1n) is 6.21. The molecule has 0 aliphatic rings. The number of methoxy groups -OCH3 is 2. The summed E-state index contributed by atoms with van der Waals surface area (Å²) in [5.74, 6) is 1.44. The van der Waals surface area contributed by atoms with Crippen molar-refractivity contribution in [2.75, 3.05) is 14.2 Å². The van der Waals surface area contributed by atoms with Crippen LogP contribution in [0.3, 0.4) is 0 Å². The van der Waals surface area contributed by atoms with Crippen LogP contribution in [0.4, 0.5) is 4.79 Å². The van der Waals surface area contributed by atoms with Crippen molar-refractivity contribution in [3.8, 4) is 11.5 Å². The zero-order valence-electron chi connectivity index (χ0n) is 11.8.